The Hall–Kier alpha value is -2.64. The largest absolute Gasteiger partial charge is 0.353 e. The van der Waals surface area contributed by atoms with Crippen molar-refractivity contribution in [2.75, 3.05) is 37.6 Å². The maximum absolute atomic E-state index is 12.3. The summed E-state index contributed by atoms with van der Waals surface area (Å²) in [5.74, 6) is 0.597. The Balaban J connectivity index is 1.90. The number of nitrogens with one attached hydrogen (secondary N) is 1. The van der Waals surface area contributed by atoms with Crippen LogP contribution >= 0.6 is 0 Å². The maximum Gasteiger partial charge on any atom is 0.235 e. The van der Waals surface area contributed by atoms with E-state index in [-0.39, 0.29) is 18.4 Å². The average Bonchev–Trinajstić information content (AvgIpc) is 2.62. The summed E-state index contributed by atoms with van der Waals surface area (Å²) in [5.41, 5.74) is -0.287. The summed E-state index contributed by atoms with van der Waals surface area (Å²) >= 11 is 0. The zero-order chi connectivity index (χ0) is 18.4. The fraction of sp³-hybridized carbons (Fsp3) is 0.556. The van der Waals surface area contributed by atoms with Crippen LogP contribution in [0, 0.1) is 28.6 Å². The number of carbonyl (C=O) groups is 1. The predicted molar refractivity (Wildman–Crippen MR) is 94.6 cm³/mol. The van der Waals surface area contributed by atoms with E-state index in [2.05, 4.69) is 32.2 Å². The van der Waals surface area contributed by atoms with Gasteiger partial charge in [-0.15, -0.1) is 0 Å². The molecule has 1 unspecified atom stereocenters. The van der Waals surface area contributed by atoms with Crippen LogP contribution in [0.5, 0.6) is 0 Å². The second kappa shape index (κ2) is 7.96. The number of hydrogen-bond acceptors (Lipinski definition) is 6. The smallest absolute Gasteiger partial charge is 0.235 e. The van der Waals surface area contributed by atoms with E-state index in [1.807, 2.05) is 13.8 Å². The Morgan fingerprint density at radius 1 is 1.36 bits per heavy atom. The summed E-state index contributed by atoms with van der Waals surface area (Å²) in [6, 6.07) is 7.87. The van der Waals surface area contributed by atoms with Gasteiger partial charge in [0, 0.05) is 32.4 Å². The zero-order valence-electron chi connectivity index (χ0n) is 15.0. The summed E-state index contributed by atoms with van der Waals surface area (Å²) in [5, 5.41) is 21.3. The van der Waals surface area contributed by atoms with Crippen LogP contribution in [0.3, 0.4) is 0 Å². The minimum Gasteiger partial charge on any atom is -0.353 e. The molecule has 1 aliphatic rings. The zero-order valence-corrected chi connectivity index (χ0v) is 15.0. The van der Waals surface area contributed by atoms with E-state index in [9.17, 15) is 15.3 Å². The molecule has 25 heavy (non-hydrogen) atoms. The van der Waals surface area contributed by atoms with Gasteiger partial charge in [-0.1, -0.05) is 13.8 Å². The quantitative estimate of drug-likeness (QED) is 0.863. The summed E-state index contributed by atoms with van der Waals surface area (Å²) in [6.07, 6.45) is 1.69. The molecule has 2 heterocycles. The summed E-state index contributed by atoms with van der Waals surface area (Å²) in [7, 11) is 0. The molecule has 0 saturated carbocycles. The van der Waals surface area contributed by atoms with Crippen LogP contribution in [0.4, 0.5) is 5.82 Å². The SMILES string of the molecule is CC(C)C(C)(C#N)NC(=O)CN1CCN(c2ncccc2C#N)CC1. The van der Waals surface area contributed by atoms with Gasteiger partial charge in [-0.05, 0) is 25.0 Å². The molecule has 0 bridgehead atoms. The van der Waals surface area contributed by atoms with E-state index in [0.29, 0.717) is 37.6 Å². The average molecular weight is 340 g/mol. The van der Waals surface area contributed by atoms with Crippen LogP contribution in [0.1, 0.15) is 26.3 Å². The molecule has 1 amide bonds. The molecule has 1 aliphatic heterocycles. The molecule has 7 heteroatoms. The number of nitrogens with zero attached hydrogens (tertiary/aromatic N) is 5. The normalized spacial score (nSPS) is 17.4. The number of rotatable bonds is 5. The van der Waals surface area contributed by atoms with Crippen molar-refractivity contribution in [3.05, 3.63) is 23.9 Å². The van der Waals surface area contributed by atoms with Gasteiger partial charge in [0.15, 0.2) is 0 Å². The number of hydrogen-bond donors (Lipinski definition) is 1. The van der Waals surface area contributed by atoms with Gasteiger partial charge in [0.25, 0.3) is 0 Å². The number of nitriles is 2. The Bertz CT molecular complexity index is 696. The highest BCUT2D eigenvalue weighted by Gasteiger charge is 2.31. The van der Waals surface area contributed by atoms with E-state index >= 15 is 0 Å². The third-order valence-corrected chi connectivity index (χ3v) is 4.73. The van der Waals surface area contributed by atoms with E-state index in [1.165, 1.54) is 0 Å². The maximum atomic E-state index is 12.3. The third-order valence-electron chi connectivity index (χ3n) is 4.73. The molecule has 132 valence electrons. The van der Waals surface area contributed by atoms with Crippen molar-refractivity contribution in [2.45, 2.75) is 26.3 Å². The minimum atomic E-state index is -0.853. The van der Waals surface area contributed by atoms with Gasteiger partial charge in [0.1, 0.15) is 17.4 Å². The van der Waals surface area contributed by atoms with Gasteiger partial charge in [-0.3, -0.25) is 9.69 Å². The van der Waals surface area contributed by atoms with Gasteiger partial charge >= 0.3 is 0 Å². The lowest BCUT2D eigenvalue weighted by molar-refractivity contribution is -0.124. The molecule has 0 radical (unpaired) electrons. The topological polar surface area (TPSA) is 96.1 Å². The second-order valence-corrected chi connectivity index (χ2v) is 6.77. The molecule has 2 rings (SSSR count). The van der Waals surface area contributed by atoms with E-state index in [0.717, 1.165) is 0 Å². The lowest BCUT2D eigenvalue weighted by Crippen LogP contribution is -2.54. The predicted octanol–water partition coefficient (Wildman–Crippen LogP) is 1.13. The Kier molecular flexibility index (Phi) is 5.95. The molecule has 0 aliphatic carbocycles. The van der Waals surface area contributed by atoms with Crippen molar-refractivity contribution in [1.82, 2.24) is 15.2 Å². The lowest BCUT2D eigenvalue weighted by atomic mass is 9.90. The Labute approximate surface area is 148 Å². The molecule has 1 aromatic heterocycles. The molecule has 7 nitrogen and oxygen atoms in total. The number of anilines is 1. The minimum absolute atomic E-state index is 0.0341. The monoisotopic (exact) mass is 340 g/mol. The molecule has 1 aromatic rings. The summed E-state index contributed by atoms with van der Waals surface area (Å²) in [6.45, 7) is 8.68. The van der Waals surface area contributed by atoms with Crippen LogP contribution < -0.4 is 10.2 Å². The Morgan fingerprint density at radius 2 is 2.04 bits per heavy atom. The van der Waals surface area contributed by atoms with Crippen molar-refractivity contribution in [1.29, 1.82) is 10.5 Å². The molecular weight excluding hydrogens is 316 g/mol. The molecule has 1 fully saturated rings. The third kappa shape index (κ3) is 4.46. The van der Waals surface area contributed by atoms with Crippen molar-refractivity contribution in [2.24, 2.45) is 5.92 Å². The lowest BCUT2D eigenvalue weighted by Gasteiger charge is -2.36. The standard InChI is InChI=1S/C18H24N6O/c1-14(2)18(3,13-20)22-16(25)12-23-7-9-24(10-8-23)17-15(11-19)5-4-6-21-17/h4-6,14H,7-10,12H2,1-3H3,(H,22,25). The van der Waals surface area contributed by atoms with E-state index < -0.39 is 5.54 Å². The number of pyridine rings is 1. The molecule has 0 spiro atoms. The van der Waals surface area contributed by atoms with Crippen LogP contribution in [0.25, 0.3) is 0 Å². The molecule has 1 atom stereocenters. The van der Waals surface area contributed by atoms with Gasteiger partial charge in [-0.2, -0.15) is 10.5 Å². The van der Waals surface area contributed by atoms with Gasteiger partial charge in [-0.25, -0.2) is 4.98 Å². The first-order valence-electron chi connectivity index (χ1n) is 8.44. The number of aromatic nitrogens is 1. The van der Waals surface area contributed by atoms with Crippen molar-refractivity contribution in [3.63, 3.8) is 0 Å². The first kappa shape index (κ1) is 18.7. The first-order valence-corrected chi connectivity index (χ1v) is 8.44. The van der Waals surface area contributed by atoms with Crippen molar-refractivity contribution in [3.8, 4) is 12.1 Å². The first-order chi connectivity index (χ1) is 11.9. The molecule has 0 aromatic carbocycles. The number of amides is 1. The fourth-order valence-corrected chi connectivity index (χ4v) is 2.69. The fourth-order valence-electron chi connectivity index (χ4n) is 2.69. The van der Waals surface area contributed by atoms with Crippen LogP contribution in [-0.2, 0) is 4.79 Å². The molecule has 1 N–H and O–H groups in total. The highest BCUT2D eigenvalue weighted by molar-refractivity contribution is 5.79. The Morgan fingerprint density at radius 3 is 2.60 bits per heavy atom. The summed E-state index contributed by atoms with van der Waals surface area (Å²) < 4.78 is 0. The van der Waals surface area contributed by atoms with Crippen molar-refractivity contribution >= 4 is 11.7 Å². The van der Waals surface area contributed by atoms with Crippen molar-refractivity contribution < 1.29 is 4.79 Å². The summed E-state index contributed by atoms with van der Waals surface area (Å²) in [4.78, 5) is 20.7. The number of carbonyl (C=O) groups excluding carboxylic acids is 1. The number of piperazine rings is 1. The van der Waals surface area contributed by atoms with Gasteiger partial charge in [0.05, 0.1) is 18.2 Å². The van der Waals surface area contributed by atoms with Crippen LogP contribution in [0.2, 0.25) is 0 Å². The van der Waals surface area contributed by atoms with E-state index in [1.54, 1.807) is 25.3 Å². The van der Waals surface area contributed by atoms with Gasteiger partial charge in [0.2, 0.25) is 5.91 Å². The van der Waals surface area contributed by atoms with Crippen LogP contribution in [0.15, 0.2) is 18.3 Å². The second-order valence-electron chi connectivity index (χ2n) is 6.77. The highest BCUT2D eigenvalue weighted by Crippen LogP contribution is 2.18. The van der Waals surface area contributed by atoms with Crippen LogP contribution in [-0.4, -0.2) is 54.1 Å². The molecule has 1 saturated heterocycles. The van der Waals surface area contributed by atoms with Gasteiger partial charge < -0.3 is 10.2 Å². The van der Waals surface area contributed by atoms with E-state index in [4.69, 9.17) is 0 Å². The molecular formula is C18H24N6O. The highest BCUT2D eigenvalue weighted by atomic mass is 16.2.